The van der Waals surface area contributed by atoms with Crippen LogP contribution < -0.4 is 5.32 Å². The first-order chi connectivity index (χ1) is 14.5. The predicted octanol–water partition coefficient (Wildman–Crippen LogP) is 5.77. The van der Waals surface area contributed by atoms with Crippen LogP contribution in [0.2, 0.25) is 10.0 Å². The molecule has 4 aromatic rings. The Labute approximate surface area is 188 Å². The van der Waals surface area contributed by atoms with Crippen LogP contribution in [0.3, 0.4) is 0 Å². The van der Waals surface area contributed by atoms with E-state index in [-0.39, 0.29) is 20.9 Å². The maximum atomic E-state index is 13.2. The number of carbonyl (C=O) groups is 1. The molecule has 1 amide bonds. The average molecular weight is 488 g/mol. The number of anilines is 1. The monoisotopic (exact) mass is 487 g/mol. The third kappa shape index (κ3) is 4.28. The van der Waals surface area contributed by atoms with Crippen LogP contribution in [-0.4, -0.2) is 25.5 Å². The summed E-state index contributed by atoms with van der Waals surface area (Å²) in [4.78, 5) is 13.0. The van der Waals surface area contributed by atoms with Gasteiger partial charge in [0.2, 0.25) is 0 Å². The van der Waals surface area contributed by atoms with Gasteiger partial charge in [-0.25, -0.2) is 0 Å². The first-order valence-corrected chi connectivity index (χ1v) is 10.4. The SMILES string of the molecule is Cc1cc(NC(=O)c2cc3c(C(F)(F)F)nn(C)c3s2)nn1Cc1ccc(Cl)c(Cl)c1. The number of carbonyl (C=O) groups excluding carboxylic acids is 1. The smallest absolute Gasteiger partial charge is 0.304 e. The van der Waals surface area contributed by atoms with Crippen molar-refractivity contribution in [3.8, 4) is 0 Å². The van der Waals surface area contributed by atoms with Crippen molar-refractivity contribution in [1.29, 1.82) is 0 Å². The largest absolute Gasteiger partial charge is 0.435 e. The van der Waals surface area contributed by atoms with Gasteiger partial charge in [0.25, 0.3) is 5.91 Å². The highest BCUT2D eigenvalue weighted by Gasteiger charge is 2.37. The van der Waals surface area contributed by atoms with E-state index in [0.717, 1.165) is 27.3 Å². The van der Waals surface area contributed by atoms with Gasteiger partial charge in [-0.1, -0.05) is 29.3 Å². The minimum atomic E-state index is -4.60. The fourth-order valence-corrected chi connectivity index (χ4v) is 4.37. The number of thiophene rings is 1. The lowest BCUT2D eigenvalue weighted by Gasteiger charge is -2.06. The molecule has 0 spiro atoms. The number of fused-ring (bicyclic) bond motifs is 1. The summed E-state index contributed by atoms with van der Waals surface area (Å²) >= 11 is 12.9. The molecule has 162 valence electrons. The highest BCUT2D eigenvalue weighted by Crippen LogP contribution is 2.37. The van der Waals surface area contributed by atoms with Crippen molar-refractivity contribution in [3.05, 3.63) is 62.2 Å². The minimum Gasteiger partial charge on any atom is -0.304 e. The van der Waals surface area contributed by atoms with Crippen molar-refractivity contribution in [3.63, 3.8) is 0 Å². The second kappa shape index (κ2) is 7.85. The molecule has 0 unspecified atom stereocenters. The zero-order valence-corrected chi connectivity index (χ0v) is 18.4. The van der Waals surface area contributed by atoms with Gasteiger partial charge in [0.15, 0.2) is 11.5 Å². The molecule has 3 heterocycles. The molecule has 1 N–H and O–H groups in total. The molecule has 0 fully saturated rings. The van der Waals surface area contributed by atoms with Gasteiger partial charge in [-0.15, -0.1) is 11.3 Å². The van der Waals surface area contributed by atoms with Gasteiger partial charge in [-0.2, -0.15) is 23.4 Å². The Bertz CT molecular complexity index is 1310. The van der Waals surface area contributed by atoms with Gasteiger partial charge in [0.1, 0.15) is 4.83 Å². The third-order valence-corrected chi connectivity index (χ3v) is 6.48. The molecule has 0 aliphatic rings. The van der Waals surface area contributed by atoms with Crippen LogP contribution in [0.15, 0.2) is 30.3 Å². The first kappa shape index (κ1) is 21.7. The maximum Gasteiger partial charge on any atom is 0.435 e. The summed E-state index contributed by atoms with van der Waals surface area (Å²) in [6.45, 7) is 2.23. The molecule has 0 saturated heterocycles. The van der Waals surface area contributed by atoms with Crippen LogP contribution in [0, 0.1) is 6.92 Å². The fourth-order valence-electron chi connectivity index (χ4n) is 3.08. The number of aromatic nitrogens is 4. The number of aryl methyl sites for hydroxylation is 2. The van der Waals surface area contributed by atoms with E-state index in [0.29, 0.717) is 16.6 Å². The number of alkyl halides is 3. The van der Waals surface area contributed by atoms with Gasteiger partial charge in [0, 0.05) is 24.2 Å². The molecule has 0 saturated carbocycles. The number of halogens is 5. The van der Waals surface area contributed by atoms with E-state index in [1.807, 2.05) is 13.0 Å². The van der Waals surface area contributed by atoms with Gasteiger partial charge >= 0.3 is 6.18 Å². The molecular formula is C19H14Cl2F3N5OS. The zero-order chi connectivity index (χ0) is 22.5. The normalized spacial score (nSPS) is 12.0. The lowest BCUT2D eigenvalue weighted by molar-refractivity contribution is -0.140. The Morgan fingerprint density at radius 1 is 1.16 bits per heavy atom. The highest BCUT2D eigenvalue weighted by molar-refractivity contribution is 7.20. The van der Waals surface area contributed by atoms with Crippen molar-refractivity contribution in [2.75, 3.05) is 5.32 Å². The van der Waals surface area contributed by atoms with Crippen molar-refractivity contribution >= 4 is 56.5 Å². The molecule has 3 aromatic heterocycles. The van der Waals surface area contributed by atoms with E-state index in [2.05, 4.69) is 15.5 Å². The number of benzene rings is 1. The van der Waals surface area contributed by atoms with Crippen LogP contribution in [0.4, 0.5) is 19.0 Å². The van der Waals surface area contributed by atoms with Crippen LogP contribution in [0.1, 0.15) is 26.6 Å². The molecule has 0 aliphatic heterocycles. The van der Waals surface area contributed by atoms with Crippen LogP contribution >= 0.6 is 34.5 Å². The van der Waals surface area contributed by atoms with Gasteiger partial charge in [-0.3, -0.25) is 14.2 Å². The Hall–Kier alpha value is -2.56. The number of rotatable bonds is 4. The first-order valence-electron chi connectivity index (χ1n) is 8.86. The van der Waals surface area contributed by atoms with E-state index in [1.54, 1.807) is 22.9 Å². The Morgan fingerprint density at radius 3 is 2.58 bits per heavy atom. The molecule has 31 heavy (non-hydrogen) atoms. The lowest BCUT2D eigenvalue weighted by Crippen LogP contribution is -2.12. The van der Waals surface area contributed by atoms with Gasteiger partial charge < -0.3 is 5.32 Å². The van der Waals surface area contributed by atoms with Crippen molar-refractivity contribution in [2.45, 2.75) is 19.6 Å². The Morgan fingerprint density at radius 2 is 1.90 bits per heavy atom. The van der Waals surface area contributed by atoms with Crippen LogP contribution in [0.25, 0.3) is 10.2 Å². The summed E-state index contributed by atoms with van der Waals surface area (Å²) in [5, 5.41) is 11.3. The molecule has 4 rings (SSSR count). The second-order valence-electron chi connectivity index (χ2n) is 6.83. The fraction of sp³-hybridized carbons (Fsp3) is 0.211. The van der Waals surface area contributed by atoms with E-state index in [9.17, 15) is 18.0 Å². The summed E-state index contributed by atoms with van der Waals surface area (Å²) in [5.41, 5.74) is 0.637. The summed E-state index contributed by atoms with van der Waals surface area (Å²) in [6.07, 6.45) is -4.60. The van der Waals surface area contributed by atoms with Crippen LogP contribution in [0.5, 0.6) is 0 Å². The van der Waals surface area contributed by atoms with Crippen LogP contribution in [-0.2, 0) is 19.8 Å². The summed E-state index contributed by atoms with van der Waals surface area (Å²) in [5.74, 6) is -0.261. The maximum absolute atomic E-state index is 13.2. The molecule has 12 heteroatoms. The standard InChI is InChI=1S/C19H14Cl2F3N5OS/c1-9-5-15(26-29(9)8-10-3-4-12(20)13(21)6-10)25-17(30)14-7-11-16(19(22,23)24)27-28(2)18(11)31-14/h3-7H,8H2,1-2H3,(H,25,26,30). The third-order valence-electron chi connectivity index (χ3n) is 4.54. The van der Waals surface area contributed by atoms with Crippen molar-refractivity contribution in [2.24, 2.45) is 7.05 Å². The van der Waals surface area contributed by atoms with Crippen molar-refractivity contribution in [1.82, 2.24) is 19.6 Å². The topological polar surface area (TPSA) is 64.7 Å². The number of amides is 1. The summed E-state index contributed by atoms with van der Waals surface area (Å²) in [6, 6.07) is 8.10. The highest BCUT2D eigenvalue weighted by atomic mass is 35.5. The van der Waals surface area contributed by atoms with E-state index < -0.39 is 17.8 Å². The van der Waals surface area contributed by atoms with E-state index in [1.165, 1.54) is 13.1 Å². The number of hydrogen-bond acceptors (Lipinski definition) is 4. The van der Waals surface area contributed by atoms with E-state index >= 15 is 0 Å². The zero-order valence-electron chi connectivity index (χ0n) is 16.1. The molecular weight excluding hydrogens is 474 g/mol. The summed E-state index contributed by atoms with van der Waals surface area (Å²) < 4.78 is 42.3. The van der Waals surface area contributed by atoms with Gasteiger partial charge in [0.05, 0.1) is 21.5 Å². The Balaban J connectivity index is 1.55. The number of hydrogen-bond donors (Lipinski definition) is 1. The Kier molecular flexibility index (Phi) is 5.48. The average Bonchev–Trinajstić information content (AvgIpc) is 3.33. The predicted molar refractivity (Wildman–Crippen MR) is 114 cm³/mol. The molecule has 1 aromatic carbocycles. The molecule has 6 nitrogen and oxygen atoms in total. The van der Waals surface area contributed by atoms with E-state index in [4.69, 9.17) is 23.2 Å². The molecule has 0 aliphatic carbocycles. The summed E-state index contributed by atoms with van der Waals surface area (Å²) in [7, 11) is 1.41. The number of nitrogens with zero attached hydrogens (tertiary/aromatic N) is 4. The van der Waals surface area contributed by atoms with Gasteiger partial charge in [-0.05, 0) is 30.7 Å². The lowest BCUT2D eigenvalue weighted by atomic mass is 10.2. The quantitative estimate of drug-likeness (QED) is 0.397. The molecule has 0 bridgehead atoms. The number of nitrogens with one attached hydrogen (secondary N) is 1. The second-order valence-corrected chi connectivity index (χ2v) is 8.68. The minimum absolute atomic E-state index is 0.105. The molecule has 0 radical (unpaired) electrons. The van der Waals surface area contributed by atoms with Crippen molar-refractivity contribution < 1.29 is 18.0 Å². The molecule has 0 atom stereocenters.